The first-order valence-corrected chi connectivity index (χ1v) is 14.3. The second-order valence-corrected chi connectivity index (χ2v) is 11.7. The number of carboxylic acids is 1. The highest BCUT2D eigenvalue weighted by molar-refractivity contribution is 5.91. The van der Waals surface area contributed by atoms with Gasteiger partial charge in [-0.2, -0.15) is 0 Å². The predicted molar refractivity (Wildman–Crippen MR) is 173 cm³/mol. The van der Waals surface area contributed by atoms with E-state index in [0.29, 0.717) is 0 Å². The topological polar surface area (TPSA) is 40.5 Å². The van der Waals surface area contributed by atoms with Crippen LogP contribution >= 0.6 is 0 Å². The lowest BCUT2D eigenvalue weighted by Gasteiger charge is -2.28. The van der Waals surface area contributed by atoms with Gasteiger partial charge in [0.05, 0.1) is 5.56 Å². The summed E-state index contributed by atoms with van der Waals surface area (Å²) >= 11 is 0. The molecule has 0 bridgehead atoms. The van der Waals surface area contributed by atoms with E-state index < -0.39 is 5.97 Å². The molecule has 6 aromatic carbocycles. The summed E-state index contributed by atoms with van der Waals surface area (Å²) in [5.74, 6) is -0.918. The van der Waals surface area contributed by atoms with E-state index in [0.717, 1.165) is 28.2 Å². The number of carboxylic acid groups (broad SMARTS) is 1. The Morgan fingerprint density at radius 3 is 1.83 bits per heavy atom. The van der Waals surface area contributed by atoms with Crippen LogP contribution in [0.1, 0.15) is 40.9 Å². The zero-order valence-electron chi connectivity index (χ0n) is 23.9. The van der Waals surface area contributed by atoms with Gasteiger partial charge in [0.25, 0.3) is 0 Å². The average molecular weight is 546 g/mol. The van der Waals surface area contributed by atoms with Gasteiger partial charge in [-0.1, -0.05) is 98.3 Å². The van der Waals surface area contributed by atoms with Gasteiger partial charge in [-0.25, -0.2) is 4.79 Å². The smallest absolute Gasteiger partial charge is 0.335 e. The monoisotopic (exact) mass is 545 g/mol. The standard InChI is InChI=1S/C39H31NO2/c1-25-8-20-34-35-21-19-33(24-37(35)39(2,3)36(34)22-25)40(32-18-15-26-6-4-5-7-30(26)23-32)31-16-13-28(14-17-31)27-9-11-29(12-10-27)38(41)42/h4-24H,1-3H3,(H,41,42). The maximum Gasteiger partial charge on any atom is 0.335 e. The van der Waals surface area contributed by atoms with Crippen LogP contribution in [0.2, 0.25) is 0 Å². The van der Waals surface area contributed by atoms with Crippen LogP contribution in [0.5, 0.6) is 0 Å². The molecule has 0 saturated carbocycles. The maximum atomic E-state index is 11.3. The van der Waals surface area contributed by atoms with Crippen molar-refractivity contribution in [1.29, 1.82) is 0 Å². The first-order valence-electron chi connectivity index (χ1n) is 14.3. The van der Waals surface area contributed by atoms with Gasteiger partial charge in [0, 0.05) is 22.5 Å². The summed E-state index contributed by atoms with van der Waals surface area (Å²) in [6, 6.07) is 44.3. The molecular formula is C39H31NO2. The molecule has 0 fully saturated rings. The largest absolute Gasteiger partial charge is 0.478 e. The quantitative estimate of drug-likeness (QED) is 0.234. The molecule has 0 amide bonds. The fraction of sp³-hybridized carbons (Fsp3) is 0.103. The fourth-order valence-electron chi connectivity index (χ4n) is 6.35. The molecule has 1 aliphatic carbocycles. The summed E-state index contributed by atoms with van der Waals surface area (Å²) in [5, 5.41) is 11.7. The Bertz CT molecular complexity index is 1990. The van der Waals surface area contributed by atoms with Gasteiger partial charge in [-0.15, -0.1) is 0 Å². The van der Waals surface area contributed by atoms with Crippen LogP contribution in [0.4, 0.5) is 17.1 Å². The number of anilines is 3. The minimum atomic E-state index is -0.918. The van der Waals surface area contributed by atoms with E-state index in [1.54, 1.807) is 12.1 Å². The Morgan fingerprint density at radius 1 is 0.595 bits per heavy atom. The van der Waals surface area contributed by atoms with E-state index >= 15 is 0 Å². The van der Waals surface area contributed by atoms with E-state index in [1.807, 2.05) is 12.1 Å². The van der Waals surface area contributed by atoms with E-state index in [2.05, 4.69) is 129 Å². The molecule has 42 heavy (non-hydrogen) atoms. The minimum absolute atomic E-state index is 0.103. The first kappa shape index (κ1) is 25.8. The number of hydrogen-bond acceptors (Lipinski definition) is 2. The number of rotatable bonds is 5. The Morgan fingerprint density at radius 2 is 1.14 bits per heavy atom. The lowest BCUT2D eigenvalue weighted by atomic mass is 9.82. The second kappa shape index (κ2) is 9.74. The van der Waals surface area contributed by atoms with Crippen molar-refractivity contribution in [1.82, 2.24) is 0 Å². The van der Waals surface area contributed by atoms with E-state index in [9.17, 15) is 9.90 Å². The Kier molecular flexibility index (Phi) is 5.98. The van der Waals surface area contributed by atoms with Crippen molar-refractivity contribution < 1.29 is 9.90 Å². The molecule has 0 atom stereocenters. The summed E-state index contributed by atoms with van der Waals surface area (Å²) in [6.07, 6.45) is 0. The zero-order valence-corrected chi connectivity index (χ0v) is 23.9. The molecule has 3 nitrogen and oxygen atoms in total. The molecule has 0 aliphatic heterocycles. The number of carbonyl (C=O) groups is 1. The summed E-state index contributed by atoms with van der Waals surface area (Å²) in [5.41, 5.74) is 12.1. The Hall–Kier alpha value is -5.15. The van der Waals surface area contributed by atoms with Crippen molar-refractivity contribution in [2.75, 3.05) is 4.90 Å². The van der Waals surface area contributed by atoms with Gasteiger partial charge in [-0.3, -0.25) is 0 Å². The second-order valence-electron chi connectivity index (χ2n) is 11.7. The molecule has 7 rings (SSSR count). The van der Waals surface area contributed by atoms with Crippen molar-refractivity contribution in [2.45, 2.75) is 26.2 Å². The summed E-state index contributed by atoms with van der Waals surface area (Å²) < 4.78 is 0. The van der Waals surface area contributed by atoms with Gasteiger partial charge in [0.15, 0.2) is 0 Å². The molecule has 0 heterocycles. The molecule has 6 aromatic rings. The number of aryl methyl sites for hydroxylation is 1. The third-order valence-corrected chi connectivity index (χ3v) is 8.66. The summed E-state index contributed by atoms with van der Waals surface area (Å²) in [7, 11) is 0. The zero-order chi connectivity index (χ0) is 29.0. The summed E-state index contributed by atoms with van der Waals surface area (Å²) in [4.78, 5) is 13.6. The maximum absolute atomic E-state index is 11.3. The molecule has 0 radical (unpaired) electrons. The molecular weight excluding hydrogens is 514 g/mol. The number of hydrogen-bond donors (Lipinski definition) is 1. The van der Waals surface area contributed by atoms with E-state index in [1.165, 1.54) is 38.6 Å². The normalized spacial score (nSPS) is 13.0. The van der Waals surface area contributed by atoms with E-state index in [-0.39, 0.29) is 11.0 Å². The third kappa shape index (κ3) is 4.26. The van der Waals surface area contributed by atoms with Crippen LogP contribution in [0.15, 0.2) is 127 Å². The van der Waals surface area contributed by atoms with Crippen LogP contribution in [0.3, 0.4) is 0 Å². The Balaban J connectivity index is 1.35. The number of fused-ring (bicyclic) bond motifs is 4. The predicted octanol–water partition coefficient (Wildman–Crippen LogP) is 10.3. The molecule has 0 aromatic heterocycles. The highest BCUT2D eigenvalue weighted by Crippen LogP contribution is 2.51. The van der Waals surface area contributed by atoms with Crippen molar-refractivity contribution in [2.24, 2.45) is 0 Å². The molecule has 0 saturated heterocycles. The van der Waals surface area contributed by atoms with Gasteiger partial charge >= 0.3 is 5.97 Å². The molecule has 204 valence electrons. The number of nitrogens with zero attached hydrogens (tertiary/aromatic N) is 1. The number of benzene rings is 6. The molecule has 1 aliphatic rings. The Labute approximate surface area is 246 Å². The lowest BCUT2D eigenvalue weighted by Crippen LogP contribution is -2.16. The minimum Gasteiger partial charge on any atom is -0.478 e. The molecule has 0 spiro atoms. The van der Waals surface area contributed by atoms with Crippen molar-refractivity contribution in [3.63, 3.8) is 0 Å². The van der Waals surface area contributed by atoms with Crippen LogP contribution < -0.4 is 4.90 Å². The van der Waals surface area contributed by atoms with Crippen molar-refractivity contribution >= 4 is 33.8 Å². The van der Waals surface area contributed by atoms with E-state index in [4.69, 9.17) is 0 Å². The first-order chi connectivity index (χ1) is 20.3. The number of aromatic carboxylic acids is 1. The third-order valence-electron chi connectivity index (χ3n) is 8.66. The molecule has 0 unspecified atom stereocenters. The SMILES string of the molecule is Cc1ccc2c(c1)C(C)(C)c1cc(N(c3ccc(-c4ccc(C(=O)O)cc4)cc3)c3ccc4ccccc4c3)ccc1-2. The highest BCUT2D eigenvalue weighted by atomic mass is 16.4. The lowest BCUT2D eigenvalue weighted by molar-refractivity contribution is 0.0697. The molecule has 1 N–H and O–H groups in total. The van der Waals surface area contributed by atoms with Crippen molar-refractivity contribution in [3.8, 4) is 22.3 Å². The van der Waals surface area contributed by atoms with Crippen LogP contribution in [-0.2, 0) is 5.41 Å². The van der Waals surface area contributed by atoms with Crippen LogP contribution in [-0.4, -0.2) is 11.1 Å². The van der Waals surface area contributed by atoms with Gasteiger partial charge < -0.3 is 10.0 Å². The van der Waals surface area contributed by atoms with Gasteiger partial charge in [-0.05, 0) is 99.6 Å². The van der Waals surface area contributed by atoms with Gasteiger partial charge in [0.2, 0.25) is 0 Å². The van der Waals surface area contributed by atoms with Crippen LogP contribution in [0.25, 0.3) is 33.0 Å². The highest BCUT2D eigenvalue weighted by Gasteiger charge is 2.36. The average Bonchev–Trinajstić information content (AvgIpc) is 3.23. The summed E-state index contributed by atoms with van der Waals surface area (Å²) in [6.45, 7) is 6.81. The molecule has 3 heteroatoms. The fourth-order valence-corrected chi connectivity index (χ4v) is 6.35. The van der Waals surface area contributed by atoms with Crippen LogP contribution in [0, 0.1) is 6.92 Å². The van der Waals surface area contributed by atoms with Gasteiger partial charge in [0.1, 0.15) is 0 Å². The van der Waals surface area contributed by atoms with Crippen molar-refractivity contribution in [3.05, 3.63) is 150 Å².